The molecule has 0 amide bonds. The molecule has 1 aliphatic heterocycles. The largest absolute Gasteiger partial charge is 0.259 e. The first-order valence-electron chi connectivity index (χ1n) is 10.8. The number of anilines is 2. The van der Waals surface area contributed by atoms with E-state index >= 15 is 0 Å². The van der Waals surface area contributed by atoms with Gasteiger partial charge in [0.15, 0.2) is 5.84 Å². The van der Waals surface area contributed by atoms with Crippen LogP contribution in [0.25, 0.3) is 0 Å². The lowest BCUT2D eigenvalue weighted by Gasteiger charge is -2.28. The van der Waals surface area contributed by atoms with Gasteiger partial charge in [-0.2, -0.15) is 20.5 Å². The van der Waals surface area contributed by atoms with Gasteiger partial charge in [-0.05, 0) is 61.4 Å². The smallest absolute Gasteiger partial charge is 0.176 e. The highest BCUT2D eigenvalue weighted by Gasteiger charge is 2.27. The molecule has 0 spiro atoms. The van der Waals surface area contributed by atoms with Crippen molar-refractivity contribution in [1.82, 2.24) is 5.43 Å². The lowest BCUT2D eigenvalue weighted by molar-refractivity contribution is 0.768. The van der Waals surface area contributed by atoms with Crippen molar-refractivity contribution in [3.8, 4) is 0 Å². The molecule has 0 aromatic heterocycles. The van der Waals surface area contributed by atoms with E-state index in [4.69, 9.17) is 5.10 Å². The van der Waals surface area contributed by atoms with E-state index in [1.165, 1.54) is 0 Å². The van der Waals surface area contributed by atoms with Crippen LogP contribution in [-0.4, -0.2) is 5.84 Å². The summed E-state index contributed by atoms with van der Waals surface area (Å²) in [5.41, 5.74) is 10.2. The Morgan fingerprint density at radius 3 is 2.09 bits per heavy atom. The van der Waals surface area contributed by atoms with Gasteiger partial charge in [0.25, 0.3) is 0 Å². The first-order valence-corrected chi connectivity index (χ1v) is 10.8. The van der Waals surface area contributed by atoms with E-state index in [-0.39, 0.29) is 12.4 Å². The summed E-state index contributed by atoms with van der Waals surface area (Å²) in [5.74, 6) is 0.780. The number of para-hydroxylation sites is 1. The molecule has 1 aliphatic rings. The van der Waals surface area contributed by atoms with Crippen LogP contribution < -0.4 is 15.7 Å². The van der Waals surface area contributed by atoms with Crippen molar-refractivity contribution in [3.05, 3.63) is 120 Å². The third-order valence-corrected chi connectivity index (χ3v) is 5.43. The molecule has 0 bridgehead atoms. The second-order valence-electron chi connectivity index (χ2n) is 7.82. The molecule has 0 unspecified atom stereocenters. The van der Waals surface area contributed by atoms with Crippen molar-refractivity contribution in [3.63, 3.8) is 0 Å². The normalized spacial score (nSPS) is 12.9. The highest BCUT2D eigenvalue weighted by molar-refractivity contribution is 6.02. The summed E-state index contributed by atoms with van der Waals surface area (Å²) >= 11 is 0. The maximum atomic E-state index is 4.89. The predicted molar refractivity (Wildman–Crippen MR) is 141 cm³/mol. The highest BCUT2D eigenvalue weighted by Crippen LogP contribution is 2.31. The minimum absolute atomic E-state index is 0. The first-order chi connectivity index (χ1) is 16.2. The molecule has 0 saturated heterocycles. The van der Waals surface area contributed by atoms with Crippen LogP contribution >= 0.6 is 12.4 Å². The zero-order valence-corrected chi connectivity index (χ0v) is 19.8. The van der Waals surface area contributed by atoms with Crippen LogP contribution in [0.5, 0.6) is 0 Å². The predicted octanol–water partition coefficient (Wildman–Crippen LogP) is 7.25. The van der Waals surface area contributed by atoms with Crippen LogP contribution in [0.1, 0.15) is 16.7 Å². The van der Waals surface area contributed by atoms with Crippen LogP contribution in [0.3, 0.4) is 0 Å². The van der Waals surface area contributed by atoms with Crippen molar-refractivity contribution in [2.75, 3.05) is 10.2 Å². The topological polar surface area (TPSA) is 55.6 Å². The summed E-state index contributed by atoms with van der Waals surface area (Å²) in [6.45, 7) is 4.09. The van der Waals surface area contributed by atoms with Gasteiger partial charge in [0.2, 0.25) is 0 Å². The fraction of sp³-hybridized carbons (Fsp3) is 0.0741. The zero-order chi connectivity index (χ0) is 22.6. The monoisotopic (exact) mass is 468 g/mol. The lowest BCUT2D eigenvalue weighted by Crippen LogP contribution is -2.44. The molecule has 4 aromatic carbocycles. The Bertz CT molecular complexity index is 1320. The van der Waals surface area contributed by atoms with E-state index in [9.17, 15) is 0 Å². The second-order valence-corrected chi connectivity index (χ2v) is 7.82. The van der Waals surface area contributed by atoms with Gasteiger partial charge >= 0.3 is 0 Å². The molecule has 5 rings (SSSR count). The number of hydrogen-bond donors (Lipinski definition) is 1. The van der Waals surface area contributed by atoms with E-state index in [2.05, 4.69) is 22.6 Å². The molecule has 7 heteroatoms. The van der Waals surface area contributed by atoms with E-state index in [0.29, 0.717) is 0 Å². The molecule has 1 heterocycles. The molecule has 6 nitrogen and oxygen atoms in total. The Balaban J connectivity index is 0.00000274. The average Bonchev–Trinajstić information content (AvgIpc) is 3.30. The fourth-order valence-corrected chi connectivity index (χ4v) is 3.65. The average molecular weight is 469 g/mol. The quantitative estimate of drug-likeness (QED) is 0.314. The molecular weight excluding hydrogens is 444 g/mol. The van der Waals surface area contributed by atoms with Crippen LogP contribution in [0.15, 0.2) is 118 Å². The third kappa shape index (κ3) is 4.77. The lowest BCUT2D eigenvalue weighted by atomic mass is 10.2. The van der Waals surface area contributed by atoms with Gasteiger partial charge in [-0.25, -0.2) is 0 Å². The van der Waals surface area contributed by atoms with Crippen molar-refractivity contribution >= 4 is 41.0 Å². The number of hydrazone groups is 1. The number of nitrogens with one attached hydrogen (secondary N) is 1. The van der Waals surface area contributed by atoms with Gasteiger partial charge in [0, 0.05) is 5.56 Å². The Labute approximate surface area is 205 Å². The van der Waals surface area contributed by atoms with Crippen molar-refractivity contribution in [1.29, 1.82) is 0 Å². The van der Waals surface area contributed by atoms with Crippen LogP contribution in [0.4, 0.5) is 22.7 Å². The molecule has 170 valence electrons. The minimum Gasteiger partial charge on any atom is -0.259 e. The molecule has 34 heavy (non-hydrogen) atoms. The Morgan fingerprint density at radius 2 is 1.38 bits per heavy atom. The first kappa shape index (κ1) is 23.0. The van der Waals surface area contributed by atoms with Gasteiger partial charge < -0.3 is 0 Å². The Kier molecular flexibility index (Phi) is 6.90. The van der Waals surface area contributed by atoms with Crippen LogP contribution in [-0.2, 0) is 0 Å². The number of hydrazine groups is 2. The molecule has 0 fully saturated rings. The minimum atomic E-state index is 0. The Morgan fingerprint density at radius 1 is 0.706 bits per heavy atom. The summed E-state index contributed by atoms with van der Waals surface area (Å²) < 4.78 is 0. The van der Waals surface area contributed by atoms with Gasteiger partial charge in [0.1, 0.15) is 0 Å². The second kappa shape index (κ2) is 10.2. The summed E-state index contributed by atoms with van der Waals surface area (Å²) in [7, 11) is 0. The van der Waals surface area contributed by atoms with E-state index in [1.807, 2.05) is 120 Å². The van der Waals surface area contributed by atoms with E-state index in [0.717, 1.165) is 45.3 Å². The zero-order valence-electron chi connectivity index (χ0n) is 19.0. The fourth-order valence-electron chi connectivity index (χ4n) is 3.65. The summed E-state index contributed by atoms with van der Waals surface area (Å²) in [4.78, 5) is 0. The van der Waals surface area contributed by atoms with Gasteiger partial charge in [-0.15, -0.1) is 17.5 Å². The van der Waals surface area contributed by atoms with Crippen LogP contribution in [0, 0.1) is 13.8 Å². The standard InChI is InChI=1S/C27H24N6.ClH/c1-20-11-9-10-16-25(20)29-28-23-17-18-26(21(2)19-23)33-31-27(22-12-5-3-6-13-22)30-32(33)24-14-7-4-8-15-24;/h3-19H,1-2H3,(H,30,31);1H/b29-28+;. The number of aryl methyl sites for hydroxylation is 2. The number of benzene rings is 4. The van der Waals surface area contributed by atoms with Gasteiger partial charge in [-0.3, -0.25) is 5.43 Å². The number of halogens is 1. The van der Waals surface area contributed by atoms with Gasteiger partial charge in [-0.1, -0.05) is 66.7 Å². The van der Waals surface area contributed by atoms with Gasteiger partial charge in [0.05, 0.1) is 22.7 Å². The van der Waals surface area contributed by atoms with E-state index in [1.54, 1.807) is 0 Å². The summed E-state index contributed by atoms with van der Waals surface area (Å²) in [6, 6.07) is 34.2. The number of rotatable bonds is 5. The molecule has 0 aliphatic carbocycles. The number of hydrogen-bond acceptors (Lipinski definition) is 6. The maximum Gasteiger partial charge on any atom is 0.176 e. The summed E-state index contributed by atoms with van der Waals surface area (Å²) in [5, 5.41) is 17.6. The highest BCUT2D eigenvalue weighted by atomic mass is 35.5. The molecular formula is C27H25ClN6. The number of amidine groups is 1. The molecule has 0 saturated carbocycles. The molecule has 1 N–H and O–H groups in total. The molecule has 0 radical (unpaired) electrons. The maximum absolute atomic E-state index is 4.89. The van der Waals surface area contributed by atoms with Crippen LogP contribution in [0.2, 0.25) is 0 Å². The van der Waals surface area contributed by atoms with Crippen molar-refractivity contribution in [2.24, 2.45) is 15.3 Å². The molecule has 0 atom stereocenters. The van der Waals surface area contributed by atoms with E-state index < -0.39 is 0 Å². The Hall–Kier alpha value is -4.16. The van der Waals surface area contributed by atoms with Crippen molar-refractivity contribution in [2.45, 2.75) is 13.8 Å². The van der Waals surface area contributed by atoms with Crippen molar-refractivity contribution < 1.29 is 0 Å². The number of nitrogens with zero attached hydrogens (tertiary/aromatic N) is 5. The molecule has 4 aromatic rings. The SMILES string of the molecule is Cc1ccccc1/N=N/c1ccc(N2N=C(c3ccccc3)NN2c2ccccc2)c(C)c1.Cl. The summed E-state index contributed by atoms with van der Waals surface area (Å²) in [6.07, 6.45) is 0. The number of azo groups is 1. The third-order valence-electron chi connectivity index (χ3n) is 5.43.